The summed E-state index contributed by atoms with van der Waals surface area (Å²) in [5.41, 5.74) is 6.44. The highest BCUT2D eigenvalue weighted by Crippen LogP contribution is 2.36. The van der Waals surface area contributed by atoms with Crippen LogP contribution in [0.3, 0.4) is 0 Å². The molecule has 0 fully saturated rings. The number of hydrogen-bond donors (Lipinski definition) is 2. The molecule has 1 atom stereocenters. The highest BCUT2D eigenvalue weighted by atomic mass is 15.3. The number of fused-ring (bicyclic) bond motifs is 3. The highest BCUT2D eigenvalue weighted by Gasteiger charge is 2.32. The van der Waals surface area contributed by atoms with E-state index in [1.54, 1.807) is 0 Å². The van der Waals surface area contributed by atoms with E-state index in [4.69, 9.17) is 0 Å². The second kappa shape index (κ2) is 5.02. The van der Waals surface area contributed by atoms with E-state index in [0.29, 0.717) is 0 Å². The van der Waals surface area contributed by atoms with Crippen LogP contribution in [0.2, 0.25) is 0 Å². The summed E-state index contributed by atoms with van der Waals surface area (Å²) in [5, 5.41) is 15.3. The summed E-state index contributed by atoms with van der Waals surface area (Å²) in [6.45, 7) is 2.23. The van der Waals surface area contributed by atoms with Crippen LogP contribution in [0.4, 0.5) is 0 Å². The van der Waals surface area contributed by atoms with Crippen LogP contribution in [0.5, 0.6) is 0 Å². The van der Waals surface area contributed by atoms with Crippen LogP contribution >= 0.6 is 0 Å². The van der Waals surface area contributed by atoms with Crippen LogP contribution in [0.1, 0.15) is 18.9 Å². The Labute approximate surface area is 146 Å². The molecule has 1 unspecified atom stereocenters. The SMILES string of the molecule is CCC1=C(c2cccc3c2ccn3C)NC2NC=c3cnn(C)c3=C12. The molecule has 2 aliphatic rings. The summed E-state index contributed by atoms with van der Waals surface area (Å²) in [6.07, 6.45) is 7.19. The maximum atomic E-state index is 4.45. The minimum atomic E-state index is 0.104. The number of aromatic nitrogens is 3. The Morgan fingerprint density at radius 1 is 1.20 bits per heavy atom. The van der Waals surface area contributed by atoms with E-state index in [-0.39, 0.29) is 6.17 Å². The van der Waals surface area contributed by atoms with Gasteiger partial charge in [-0.1, -0.05) is 19.1 Å². The molecule has 5 heteroatoms. The van der Waals surface area contributed by atoms with Gasteiger partial charge in [0.1, 0.15) is 6.17 Å². The van der Waals surface area contributed by atoms with E-state index < -0.39 is 0 Å². The Bertz CT molecular complexity index is 1160. The van der Waals surface area contributed by atoms with Gasteiger partial charge in [-0.3, -0.25) is 4.68 Å². The fraction of sp³-hybridized carbons (Fsp3) is 0.250. The Hall–Kier alpha value is -2.95. The van der Waals surface area contributed by atoms with Gasteiger partial charge in [-0.2, -0.15) is 5.10 Å². The van der Waals surface area contributed by atoms with Crippen molar-refractivity contribution in [2.45, 2.75) is 19.5 Å². The number of nitrogens with zero attached hydrogens (tertiary/aromatic N) is 3. The Morgan fingerprint density at radius 2 is 2.08 bits per heavy atom. The summed E-state index contributed by atoms with van der Waals surface area (Å²) in [6, 6.07) is 8.73. The van der Waals surface area contributed by atoms with Crippen molar-refractivity contribution >= 4 is 28.4 Å². The van der Waals surface area contributed by atoms with E-state index in [0.717, 1.165) is 11.6 Å². The molecule has 126 valence electrons. The third-order valence-electron chi connectivity index (χ3n) is 5.38. The molecule has 0 aliphatic carbocycles. The van der Waals surface area contributed by atoms with Crippen molar-refractivity contribution in [2.24, 2.45) is 14.1 Å². The normalized spacial score (nSPS) is 18.7. The first-order chi connectivity index (χ1) is 12.2. The lowest BCUT2D eigenvalue weighted by molar-refractivity contribution is 0.676. The molecule has 0 radical (unpaired) electrons. The van der Waals surface area contributed by atoms with E-state index in [1.807, 2.05) is 17.9 Å². The Balaban J connectivity index is 1.84. The van der Waals surface area contributed by atoms with Crippen LogP contribution in [0, 0.1) is 0 Å². The first kappa shape index (κ1) is 14.4. The molecule has 2 N–H and O–H groups in total. The Kier molecular flexibility index (Phi) is 2.89. The van der Waals surface area contributed by atoms with Crippen LogP contribution in [-0.4, -0.2) is 20.5 Å². The van der Waals surface area contributed by atoms with Crippen molar-refractivity contribution in [1.29, 1.82) is 0 Å². The van der Waals surface area contributed by atoms with E-state index in [2.05, 4.69) is 70.9 Å². The van der Waals surface area contributed by atoms with Crippen molar-refractivity contribution in [1.82, 2.24) is 25.0 Å². The number of rotatable bonds is 2. The fourth-order valence-electron chi connectivity index (χ4n) is 4.21. The molecular formula is C20H21N5. The average molecular weight is 331 g/mol. The first-order valence-electron chi connectivity index (χ1n) is 8.72. The topological polar surface area (TPSA) is 46.8 Å². The lowest BCUT2D eigenvalue weighted by Gasteiger charge is -2.19. The molecule has 0 amide bonds. The number of benzene rings is 1. The van der Waals surface area contributed by atoms with Crippen molar-refractivity contribution in [3.05, 3.63) is 58.4 Å². The third kappa shape index (κ3) is 1.86. The van der Waals surface area contributed by atoms with Gasteiger partial charge in [0, 0.05) is 59.4 Å². The molecule has 4 heterocycles. The lowest BCUT2D eigenvalue weighted by Crippen LogP contribution is -2.47. The number of aryl methyl sites for hydroxylation is 2. The quantitative estimate of drug-likeness (QED) is 0.741. The third-order valence-corrected chi connectivity index (χ3v) is 5.38. The van der Waals surface area contributed by atoms with Crippen LogP contribution in [-0.2, 0) is 14.1 Å². The first-order valence-corrected chi connectivity index (χ1v) is 8.72. The van der Waals surface area contributed by atoms with Gasteiger partial charge in [0.05, 0.1) is 11.5 Å². The monoisotopic (exact) mass is 331 g/mol. The van der Waals surface area contributed by atoms with Gasteiger partial charge in [0.25, 0.3) is 0 Å². The molecule has 25 heavy (non-hydrogen) atoms. The molecule has 0 spiro atoms. The van der Waals surface area contributed by atoms with Crippen LogP contribution in [0.25, 0.3) is 28.4 Å². The molecule has 0 bridgehead atoms. The molecule has 5 rings (SSSR count). The lowest BCUT2D eigenvalue weighted by atomic mass is 9.97. The summed E-state index contributed by atoms with van der Waals surface area (Å²) in [4.78, 5) is 0. The molecule has 0 saturated heterocycles. The molecule has 0 saturated carbocycles. The molecule has 5 nitrogen and oxygen atoms in total. The zero-order valence-corrected chi connectivity index (χ0v) is 14.7. The van der Waals surface area contributed by atoms with Crippen LogP contribution in [0.15, 0.2) is 42.2 Å². The number of nitrogens with one attached hydrogen (secondary N) is 2. The van der Waals surface area contributed by atoms with Gasteiger partial charge < -0.3 is 15.2 Å². The fourth-order valence-corrected chi connectivity index (χ4v) is 4.21. The van der Waals surface area contributed by atoms with Crippen molar-refractivity contribution in [3.8, 4) is 0 Å². The standard InChI is InChI=1S/C20H21N5/c1-4-13-17-19-12(11-22-25(19)3)10-21-20(17)23-18(13)15-6-5-7-16-14(15)8-9-24(16)2/h5-11,20-21,23H,4H2,1-3H3. The van der Waals surface area contributed by atoms with E-state index >= 15 is 0 Å². The van der Waals surface area contributed by atoms with Gasteiger partial charge in [-0.15, -0.1) is 0 Å². The average Bonchev–Trinajstić information content (AvgIpc) is 3.30. The highest BCUT2D eigenvalue weighted by molar-refractivity contribution is 5.98. The second-order valence-electron chi connectivity index (χ2n) is 6.75. The van der Waals surface area contributed by atoms with Crippen LogP contribution < -0.4 is 21.2 Å². The minimum absolute atomic E-state index is 0.104. The molecule has 2 aliphatic heterocycles. The molecular weight excluding hydrogens is 310 g/mol. The maximum Gasteiger partial charge on any atom is 0.125 e. The maximum absolute atomic E-state index is 4.45. The molecule has 3 aromatic rings. The van der Waals surface area contributed by atoms with Crippen molar-refractivity contribution < 1.29 is 0 Å². The summed E-state index contributed by atoms with van der Waals surface area (Å²) in [7, 11) is 4.11. The van der Waals surface area contributed by atoms with Gasteiger partial charge in [-0.05, 0) is 24.1 Å². The molecule has 1 aromatic carbocycles. The molecule has 2 aromatic heterocycles. The largest absolute Gasteiger partial charge is 0.367 e. The summed E-state index contributed by atoms with van der Waals surface area (Å²) < 4.78 is 4.16. The Morgan fingerprint density at radius 3 is 2.92 bits per heavy atom. The number of hydrogen-bond acceptors (Lipinski definition) is 3. The second-order valence-corrected chi connectivity index (χ2v) is 6.75. The smallest absolute Gasteiger partial charge is 0.125 e. The van der Waals surface area contributed by atoms with E-state index in [1.165, 1.54) is 38.7 Å². The summed E-state index contributed by atoms with van der Waals surface area (Å²) in [5.74, 6) is 0. The van der Waals surface area contributed by atoms with Gasteiger partial charge in [-0.25, -0.2) is 0 Å². The minimum Gasteiger partial charge on any atom is -0.367 e. The van der Waals surface area contributed by atoms with Crippen molar-refractivity contribution in [2.75, 3.05) is 0 Å². The predicted octanol–water partition coefficient (Wildman–Crippen LogP) is 1.15. The zero-order chi connectivity index (χ0) is 17.1. The zero-order valence-electron chi connectivity index (χ0n) is 14.7. The van der Waals surface area contributed by atoms with Gasteiger partial charge >= 0.3 is 0 Å². The predicted molar refractivity (Wildman–Crippen MR) is 101 cm³/mol. The van der Waals surface area contributed by atoms with E-state index in [9.17, 15) is 0 Å². The van der Waals surface area contributed by atoms with Gasteiger partial charge in [0.15, 0.2) is 0 Å². The van der Waals surface area contributed by atoms with Gasteiger partial charge in [0.2, 0.25) is 0 Å². The van der Waals surface area contributed by atoms with Crippen molar-refractivity contribution in [3.63, 3.8) is 0 Å². The summed E-state index contributed by atoms with van der Waals surface area (Å²) >= 11 is 0.